The number of nitrogens with one attached hydrogen (secondary N) is 1. The van der Waals surface area contributed by atoms with Crippen molar-refractivity contribution in [2.24, 2.45) is 5.92 Å². The molecule has 0 atom stereocenters. The highest BCUT2D eigenvalue weighted by Gasteiger charge is 1.99. The number of rotatable bonds is 7. The van der Waals surface area contributed by atoms with Gasteiger partial charge in [-0.25, -0.2) is 0 Å². The molecule has 0 radical (unpaired) electrons. The second-order valence-corrected chi connectivity index (χ2v) is 6.39. The lowest BCUT2D eigenvalue weighted by Crippen LogP contribution is -2.24. The summed E-state index contributed by atoms with van der Waals surface area (Å²) in [5.74, 6) is 1.59. The summed E-state index contributed by atoms with van der Waals surface area (Å²) in [5, 5.41) is 3.37. The molecule has 1 N–H and O–H groups in total. The molecule has 0 unspecified atom stereocenters. The molecule has 0 aliphatic heterocycles. The van der Waals surface area contributed by atoms with E-state index in [0.29, 0.717) is 12.5 Å². The maximum Gasteiger partial charge on any atom is 0.119 e. The van der Waals surface area contributed by atoms with E-state index in [2.05, 4.69) is 71.5 Å². The third kappa shape index (κ3) is 5.52. The maximum atomic E-state index is 5.73. The van der Waals surface area contributed by atoms with Gasteiger partial charge in [0.25, 0.3) is 0 Å². The van der Waals surface area contributed by atoms with Gasteiger partial charge in [0.1, 0.15) is 12.4 Å². The van der Waals surface area contributed by atoms with E-state index in [1.54, 1.807) is 0 Å². The molecule has 0 aliphatic rings. The Morgan fingerprint density at radius 3 is 2.10 bits per heavy atom. The van der Waals surface area contributed by atoms with Gasteiger partial charge in [0.05, 0.1) is 0 Å². The first kappa shape index (κ1) is 16.1. The molecular weight excluding hydrogens is 326 g/mol. The molecule has 0 spiro atoms. The fourth-order valence-electron chi connectivity index (χ4n) is 2.02. The molecule has 112 valence electrons. The van der Waals surface area contributed by atoms with Crippen LogP contribution in [0, 0.1) is 5.92 Å². The van der Waals surface area contributed by atoms with Crippen molar-refractivity contribution < 1.29 is 4.74 Å². The fourth-order valence-corrected chi connectivity index (χ4v) is 2.28. The highest BCUT2D eigenvalue weighted by molar-refractivity contribution is 9.10. The fraction of sp³-hybridized carbons (Fsp3) is 0.333. The van der Waals surface area contributed by atoms with Crippen LogP contribution < -0.4 is 10.1 Å². The zero-order chi connectivity index (χ0) is 15.1. The zero-order valence-corrected chi connectivity index (χ0v) is 14.2. The van der Waals surface area contributed by atoms with E-state index in [-0.39, 0.29) is 0 Å². The van der Waals surface area contributed by atoms with Crippen LogP contribution in [0.4, 0.5) is 0 Å². The first-order valence-corrected chi connectivity index (χ1v) is 8.14. The van der Waals surface area contributed by atoms with Gasteiger partial charge in [-0.1, -0.05) is 54.0 Å². The van der Waals surface area contributed by atoms with E-state index in [4.69, 9.17) is 4.74 Å². The summed E-state index contributed by atoms with van der Waals surface area (Å²) < 4.78 is 6.83. The van der Waals surface area contributed by atoms with Crippen LogP contribution in [-0.2, 0) is 0 Å². The van der Waals surface area contributed by atoms with Crippen LogP contribution in [0.1, 0.15) is 13.8 Å². The molecule has 0 aromatic heterocycles. The summed E-state index contributed by atoms with van der Waals surface area (Å²) in [5.41, 5.74) is 2.41. The van der Waals surface area contributed by atoms with Crippen LogP contribution in [0.3, 0.4) is 0 Å². The highest BCUT2D eigenvalue weighted by atomic mass is 79.9. The number of halogens is 1. The SMILES string of the molecule is CC(C)CNCCOc1ccc(-c2ccc(Br)cc2)cc1. The largest absolute Gasteiger partial charge is 0.492 e. The molecule has 0 saturated heterocycles. The Labute approximate surface area is 135 Å². The number of ether oxygens (including phenoxy) is 1. The molecule has 0 bridgehead atoms. The van der Waals surface area contributed by atoms with Crippen molar-refractivity contribution in [1.82, 2.24) is 5.32 Å². The molecule has 2 aromatic carbocycles. The first-order valence-electron chi connectivity index (χ1n) is 7.34. The molecule has 0 aliphatic carbocycles. The Kier molecular flexibility index (Phi) is 6.27. The van der Waals surface area contributed by atoms with Crippen molar-refractivity contribution in [3.8, 4) is 16.9 Å². The summed E-state index contributed by atoms with van der Waals surface area (Å²) in [7, 11) is 0. The summed E-state index contributed by atoms with van der Waals surface area (Å²) >= 11 is 3.45. The van der Waals surface area contributed by atoms with E-state index < -0.39 is 0 Å². The Bertz CT molecular complexity index is 534. The van der Waals surface area contributed by atoms with E-state index >= 15 is 0 Å². The van der Waals surface area contributed by atoms with Crippen LogP contribution in [-0.4, -0.2) is 19.7 Å². The third-order valence-electron chi connectivity index (χ3n) is 3.13. The molecule has 2 nitrogen and oxygen atoms in total. The maximum absolute atomic E-state index is 5.73. The molecule has 3 heteroatoms. The van der Waals surface area contributed by atoms with Crippen LogP contribution in [0.15, 0.2) is 53.0 Å². The lowest BCUT2D eigenvalue weighted by Gasteiger charge is -2.09. The van der Waals surface area contributed by atoms with Crippen molar-refractivity contribution in [2.75, 3.05) is 19.7 Å². The van der Waals surface area contributed by atoms with Gasteiger partial charge in [0, 0.05) is 11.0 Å². The summed E-state index contributed by atoms with van der Waals surface area (Å²) in [4.78, 5) is 0. The Morgan fingerprint density at radius 2 is 1.52 bits per heavy atom. The quantitative estimate of drug-likeness (QED) is 0.730. The van der Waals surface area contributed by atoms with E-state index in [9.17, 15) is 0 Å². The normalized spacial score (nSPS) is 10.9. The lowest BCUT2D eigenvalue weighted by atomic mass is 10.1. The Balaban J connectivity index is 1.83. The zero-order valence-electron chi connectivity index (χ0n) is 12.6. The van der Waals surface area contributed by atoms with Crippen molar-refractivity contribution in [1.29, 1.82) is 0 Å². The molecule has 0 heterocycles. The summed E-state index contributed by atoms with van der Waals surface area (Å²) in [6.07, 6.45) is 0. The predicted molar refractivity (Wildman–Crippen MR) is 92.8 cm³/mol. The smallest absolute Gasteiger partial charge is 0.119 e. The van der Waals surface area contributed by atoms with Gasteiger partial charge in [-0.3, -0.25) is 0 Å². The second-order valence-electron chi connectivity index (χ2n) is 5.48. The lowest BCUT2D eigenvalue weighted by molar-refractivity contribution is 0.311. The molecule has 0 fully saturated rings. The van der Waals surface area contributed by atoms with Crippen molar-refractivity contribution in [3.05, 3.63) is 53.0 Å². The number of benzene rings is 2. The standard InChI is InChI=1S/C18H22BrNO/c1-14(2)13-20-11-12-21-18-9-5-16(6-10-18)15-3-7-17(19)8-4-15/h3-10,14,20H,11-13H2,1-2H3. The second kappa shape index (κ2) is 8.20. The highest BCUT2D eigenvalue weighted by Crippen LogP contribution is 2.23. The number of hydrogen-bond acceptors (Lipinski definition) is 2. The first-order chi connectivity index (χ1) is 10.1. The minimum absolute atomic E-state index is 0.676. The van der Waals surface area contributed by atoms with Gasteiger partial charge < -0.3 is 10.1 Å². The van der Waals surface area contributed by atoms with E-state index in [0.717, 1.165) is 23.3 Å². The van der Waals surface area contributed by atoms with Gasteiger partial charge in [-0.2, -0.15) is 0 Å². The van der Waals surface area contributed by atoms with Gasteiger partial charge in [0.2, 0.25) is 0 Å². The molecule has 21 heavy (non-hydrogen) atoms. The summed E-state index contributed by atoms with van der Waals surface area (Å²) in [6.45, 7) is 7.02. The molecular formula is C18H22BrNO. The van der Waals surface area contributed by atoms with Gasteiger partial charge in [-0.15, -0.1) is 0 Å². The van der Waals surface area contributed by atoms with Gasteiger partial charge >= 0.3 is 0 Å². The summed E-state index contributed by atoms with van der Waals surface area (Å²) in [6, 6.07) is 16.6. The van der Waals surface area contributed by atoms with Crippen LogP contribution in [0.5, 0.6) is 5.75 Å². The topological polar surface area (TPSA) is 21.3 Å². The predicted octanol–water partition coefficient (Wildman–Crippen LogP) is 4.74. The van der Waals surface area contributed by atoms with Crippen molar-refractivity contribution >= 4 is 15.9 Å². The van der Waals surface area contributed by atoms with E-state index in [1.165, 1.54) is 11.1 Å². The number of hydrogen-bond donors (Lipinski definition) is 1. The minimum atomic E-state index is 0.676. The van der Waals surface area contributed by atoms with Crippen LogP contribution >= 0.6 is 15.9 Å². The monoisotopic (exact) mass is 347 g/mol. The third-order valence-corrected chi connectivity index (χ3v) is 3.66. The average Bonchev–Trinajstić information content (AvgIpc) is 2.48. The molecule has 0 amide bonds. The molecule has 2 aromatic rings. The van der Waals surface area contributed by atoms with Crippen molar-refractivity contribution in [3.63, 3.8) is 0 Å². The Morgan fingerprint density at radius 1 is 0.952 bits per heavy atom. The average molecular weight is 348 g/mol. The van der Waals surface area contributed by atoms with Crippen LogP contribution in [0.25, 0.3) is 11.1 Å². The van der Waals surface area contributed by atoms with Crippen LogP contribution in [0.2, 0.25) is 0 Å². The molecule has 2 rings (SSSR count). The van der Waals surface area contributed by atoms with Gasteiger partial charge in [0.15, 0.2) is 0 Å². The van der Waals surface area contributed by atoms with E-state index in [1.807, 2.05) is 12.1 Å². The Hall–Kier alpha value is -1.32. The van der Waals surface area contributed by atoms with Crippen molar-refractivity contribution in [2.45, 2.75) is 13.8 Å². The minimum Gasteiger partial charge on any atom is -0.492 e. The van der Waals surface area contributed by atoms with Gasteiger partial charge in [-0.05, 0) is 47.9 Å². The molecule has 0 saturated carbocycles.